The first-order valence-corrected chi connectivity index (χ1v) is 8.42. The number of benzene rings is 1. The van der Waals surface area contributed by atoms with Crippen molar-refractivity contribution in [3.63, 3.8) is 0 Å². The summed E-state index contributed by atoms with van der Waals surface area (Å²) in [7, 11) is 0. The number of ether oxygens (including phenoxy) is 2. The second-order valence-electron chi connectivity index (χ2n) is 5.95. The Hall–Kier alpha value is -2.80. The van der Waals surface area contributed by atoms with Crippen LogP contribution in [0.2, 0.25) is 0 Å². The minimum atomic E-state index is -0.935. The Morgan fingerprint density at radius 1 is 1.22 bits per heavy atom. The number of aromatic hydroxyl groups is 2. The van der Waals surface area contributed by atoms with E-state index in [1.807, 2.05) is 13.0 Å². The number of carbonyl (C=O) groups is 2. The van der Waals surface area contributed by atoms with Gasteiger partial charge in [0.15, 0.2) is 11.5 Å². The molecule has 1 aliphatic heterocycles. The molecule has 2 rings (SSSR count). The van der Waals surface area contributed by atoms with Crippen LogP contribution in [0.3, 0.4) is 0 Å². The van der Waals surface area contributed by atoms with Gasteiger partial charge in [0.05, 0.1) is 6.61 Å². The molecule has 0 radical (unpaired) electrons. The van der Waals surface area contributed by atoms with E-state index in [2.05, 4.69) is 13.2 Å². The van der Waals surface area contributed by atoms with Gasteiger partial charge in [0, 0.05) is 11.1 Å². The van der Waals surface area contributed by atoms with Crippen molar-refractivity contribution in [3.8, 4) is 11.5 Å². The number of phenolic OH excluding ortho intramolecular Hbond substituents is 2. The van der Waals surface area contributed by atoms with Crippen LogP contribution in [0.25, 0.3) is 0 Å². The van der Waals surface area contributed by atoms with E-state index in [0.717, 1.165) is 18.4 Å². The molecule has 1 aromatic carbocycles. The number of esters is 1. The van der Waals surface area contributed by atoms with Crippen molar-refractivity contribution in [2.24, 2.45) is 0 Å². The number of epoxide rings is 1. The maximum absolute atomic E-state index is 10.7. The molecule has 3 N–H and O–H groups in total. The third-order valence-electron chi connectivity index (χ3n) is 3.13. The number of carboxylic acid groups (broad SMARTS) is 1. The molecule has 150 valence electrons. The molecule has 27 heavy (non-hydrogen) atoms. The molecule has 7 heteroatoms. The number of aryl methyl sites for hydroxylation is 1. The van der Waals surface area contributed by atoms with E-state index in [9.17, 15) is 14.7 Å². The quantitative estimate of drug-likeness (QED) is 0.300. The fraction of sp³-hybridized carbons (Fsp3) is 0.400. The van der Waals surface area contributed by atoms with E-state index in [4.69, 9.17) is 19.7 Å². The summed E-state index contributed by atoms with van der Waals surface area (Å²) in [5, 5.41) is 26.2. The molecule has 1 aliphatic rings. The minimum Gasteiger partial charge on any atom is -0.504 e. The van der Waals surface area contributed by atoms with Crippen molar-refractivity contribution in [2.45, 2.75) is 39.7 Å². The fourth-order valence-corrected chi connectivity index (χ4v) is 1.50. The normalized spacial score (nSPS) is 13.8. The lowest BCUT2D eigenvalue weighted by Crippen LogP contribution is -2.09. The summed E-state index contributed by atoms with van der Waals surface area (Å²) < 4.78 is 9.60. The molecule has 1 saturated heterocycles. The monoisotopic (exact) mass is 380 g/mol. The Kier molecular flexibility index (Phi) is 11.2. The van der Waals surface area contributed by atoms with Crippen molar-refractivity contribution in [1.29, 1.82) is 0 Å². The van der Waals surface area contributed by atoms with Crippen LogP contribution in [0, 0.1) is 0 Å². The predicted molar refractivity (Wildman–Crippen MR) is 102 cm³/mol. The van der Waals surface area contributed by atoms with Crippen LogP contribution < -0.4 is 0 Å². The first kappa shape index (κ1) is 24.2. The van der Waals surface area contributed by atoms with Crippen LogP contribution in [0.5, 0.6) is 11.5 Å². The highest BCUT2D eigenvalue weighted by Crippen LogP contribution is 2.28. The van der Waals surface area contributed by atoms with E-state index in [1.54, 1.807) is 13.0 Å². The van der Waals surface area contributed by atoms with Gasteiger partial charge in [-0.05, 0) is 31.9 Å². The van der Waals surface area contributed by atoms with Crippen molar-refractivity contribution in [1.82, 2.24) is 0 Å². The Balaban J connectivity index is 0.000000394. The number of hydrogen-bond acceptors (Lipinski definition) is 6. The lowest BCUT2D eigenvalue weighted by molar-refractivity contribution is -0.139. The number of phenols is 2. The molecule has 0 bridgehead atoms. The molecular formula is C20H28O7. The van der Waals surface area contributed by atoms with Crippen molar-refractivity contribution >= 4 is 11.9 Å². The van der Waals surface area contributed by atoms with Gasteiger partial charge in [0.1, 0.15) is 12.7 Å². The average Bonchev–Trinajstić information content (AvgIpc) is 3.42. The second kappa shape index (κ2) is 12.5. The Morgan fingerprint density at radius 2 is 1.78 bits per heavy atom. The Bertz CT molecular complexity index is 648. The molecule has 1 fully saturated rings. The zero-order valence-electron chi connectivity index (χ0n) is 16.0. The SMILES string of the molecule is C=C(C)C(=O)O.C=C(C)C(=O)OCC1CO1.CCCc1cccc(O)c1O. The van der Waals surface area contributed by atoms with Crippen LogP contribution in [0.4, 0.5) is 0 Å². The van der Waals surface area contributed by atoms with Gasteiger partial charge in [-0.25, -0.2) is 9.59 Å². The van der Waals surface area contributed by atoms with E-state index in [-0.39, 0.29) is 29.1 Å². The van der Waals surface area contributed by atoms with E-state index in [0.29, 0.717) is 18.8 Å². The first-order chi connectivity index (χ1) is 12.6. The summed E-state index contributed by atoms with van der Waals surface area (Å²) >= 11 is 0. The summed E-state index contributed by atoms with van der Waals surface area (Å²) in [6.45, 7) is 12.8. The Labute approximate surface area is 159 Å². The van der Waals surface area contributed by atoms with Crippen LogP contribution in [-0.2, 0) is 25.5 Å². The lowest BCUT2D eigenvalue weighted by Gasteiger charge is -2.03. The van der Waals surface area contributed by atoms with E-state index < -0.39 is 5.97 Å². The second-order valence-corrected chi connectivity index (χ2v) is 5.95. The number of carbonyl (C=O) groups excluding carboxylic acids is 1. The molecule has 7 nitrogen and oxygen atoms in total. The van der Waals surface area contributed by atoms with E-state index >= 15 is 0 Å². The average molecular weight is 380 g/mol. The summed E-state index contributed by atoms with van der Waals surface area (Å²) in [5.41, 5.74) is 1.42. The van der Waals surface area contributed by atoms with Gasteiger partial charge in [0.25, 0.3) is 0 Å². The topological polar surface area (TPSA) is 117 Å². The van der Waals surface area contributed by atoms with Gasteiger partial charge >= 0.3 is 11.9 Å². The molecule has 1 unspecified atom stereocenters. The Morgan fingerprint density at radius 3 is 2.19 bits per heavy atom. The third kappa shape index (κ3) is 11.4. The van der Waals surface area contributed by atoms with Crippen LogP contribution in [-0.4, -0.2) is 46.6 Å². The maximum Gasteiger partial charge on any atom is 0.333 e. The van der Waals surface area contributed by atoms with Gasteiger partial charge in [-0.1, -0.05) is 38.6 Å². The highest BCUT2D eigenvalue weighted by atomic mass is 16.6. The summed E-state index contributed by atoms with van der Waals surface area (Å²) in [6.07, 6.45) is 1.92. The highest BCUT2D eigenvalue weighted by Gasteiger charge is 2.24. The molecule has 0 amide bonds. The van der Waals surface area contributed by atoms with Gasteiger partial charge in [0.2, 0.25) is 0 Å². The lowest BCUT2D eigenvalue weighted by atomic mass is 10.1. The number of carboxylic acids is 1. The smallest absolute Gasteiger partial charge is 0.333 e. The fourth-order valence-electron chi connectivity index (χ4n) is 1.50. The van der Waals surface area contributed by atoms with Gasteiger partial charge in [-0.3, -0.25) is 0 Å². The van der Waals surface area contributed by atoms with Crippen LogP contribution >= 0.6 is 0 Å². The van der Waals surface area contributed by atoms with Crippen LogP contribution in [0.15, 0.2) is 42.5 Å². The number of aliphatic carboxylic acids is 1. The molecule has 1 heterocycles. The van der Waals surface area contributed by atoms with Crippen LogP contribution in [0.1, 0.15) is 32.8 Å². The zero-order valence-corrected chi connectivity index (χ0v) is 16.0. The highest BCUT2D eigenvalue weighted by molar-refractivity contribution is 5.86. The van der Waals surface area contributed by atoms with E-state index in [1.165, 1.54) is 13.0 Å². The number of rotatable bonds is 6. The van der Waals surface area contributed by atoms with Gasteiger partial charge < -0.3 is 24.8 Å². The molecule has 0 aromatic heterocycles. The van der Waals surface area contributed by atoms with Gasteiger partial charge in [-0.2, -0.15) is 0 Å². The zero-order chi connectivity index (χ0) is 21.0. The summed E-state index contributed by atoms with van der Waals surface area (Å²) in [6, 6.07) is 5.03. The number of para-hydroxylation sites is 1. The standard InChI is InChI=1S/C9H12O2.C7H10O3.C4H6O2/c1-2-4-7-5-3-6-8(10)9(7)11;1-5(2)7(8)10-4-6-3-9-6;1-3(2)4(5)6/h3,5-6,10-11H,2,4H2,1H3;6H,1,3-4H2,2H3;1H2,2H3,(H,5,6). The van der Waals surface area contributed by atoms with Crippen molar-refractivity contribution in [3.05, 3.63) is 48.1 Å². The molecule has 0 aliphatic carbocycles. The number of hydrogen-bond donors (Lipinski definition) is 3. The minimum absolute atomic E-state index is 0.0225. The molecule has 0 saturated carbocycles. The largest absolute Gasteiger partial charge is 0.504 e. The first-order valence-electron chi connectivity index (χ1n) is 8.42. The van der Waals surface area contributed by atoms with Crippen molar-refractivity contribution < 1.29 is 34.4 Å². The summed E-state index contributed by atoms with van der Waals surface area (Å²) in [5.74, 6) is -1.28. The predicted octanol–water partition coefficient (Wildman–Crippen LogP) is 3.20. The van der Waals surface area contributed by atoms with Gasteiger partial charge in [-0.15, -0.1) is 0 Å². The van der Waals surface area contributed by atoms with Crippen molar-refractivity contribution in [2.75, 3.05) is 13.2 Å². The molecule has 1 aromatic rings. The molecule has 0 spiro atoms. The maximum atomic E-state index is 10.7. The summed E-state index contributed by atoms with van der Waals surface area (Å²) in [4.78, 5) is 20.3. The molecule has 1 atom stereocenters. The molecular weight excluding hydrogens is 352 g/mol. The third-order valence-corrected chi connectivity index (χ3v) is 3.13.